The Balaban J connectivity index is 1.92. The highest BCUT2D eigenvalue weighted by Crippen LogP contribution is 2.15. The fourth-order valence-corrected chi connectivity index (χ4v) is 3.71. The van der Waals surface area contributed by atoms with Gasteiger partial charge in [-0.25, -0.2) is 0 Å². The first-order valence-electron chi connectivity index (χ1n) is 11.8. The van der Waals surface area contributed by atoms with Crippen LogP contribution in [0.3, 0.4) is 0 Å². The Kier molecular flexibility index (Phi) is 14.5. The second-order valence-corrected chi connectivity index (χ2v) is 8.26. The van der Waals surface area contributed by atoms with Crippen LogP contribution in [-0.2, 0) is 0 Å². The molecular formula is C26H42O2. The van der Waals surface area contributed by atoms with Crippen molar-refractivity contribution in [1.29, 1.82) is 0 Å². The summed E-state index contributed by atoms with van der Waals surface area (Å²) in [6.07, 6.45) is 20.6. The molecule has 0 saturated heterocycles. The number of Topliss-reactive ketones (excluding diaryl/α,β-unsaturated/α-hetero) is 2. The summed E-state index contributed by atoms with van der Waals surface area (Å²) in [7, 11) is 0. The lowest BCUT2D eigenvalue weighted by atomic mass is 10.0. The number of ketones is 2. The highest BCUT2D eigenvalue weighted by Gasteiger charge is 2.08. The smallest absolute Gasteiger partial charge is 0.162 e. The Morgan fingerprint density at radius 2 is 1.07 bits per heavy atom. The first-order valence-corrected chi connectivity index (χ1v) is 11.8. The maximum atomic E-state index is 12.2. The van der Waals surface area contributed by atoms with Crippen LogP contribution in [0.4, 0.5) is 0 Å². The summed E-state index contributed by atoms with van der Waals surface area (Å²) in [6.45, 7) is 3.81. The van der Waals surface area contributed by atoms with Gasteiger partial charge in [0.1, 0.15) is 0 Å². The molecule has 1 rings (SSSR count). The van der Waals surface area contributed by atoms with Crippen molar-refractivity contribution < 1.29 is 9.59 Å². The Bertz CT molecular complexity index is 547. The topological polar surface area (TPSA) is 34.1 Å². The highest BCUT2D eigenvalue weighted by molar-refractivity contribution is 6.00. The van der Waals surface area contributed by atoms with E-state index in [2.05, 4.69) is 6.92 Å². The van der Waals surface area contributed by atoms with Gasteiger partial charge in [-0.05, 0) is 19.4 Å². The third-order valence-corrected chi connectivity index (χ3v) is 5.60. The van der Waals surface area contributed by atoms with E-state index >= 15 is 0 Å². The van der Waals surface area contributed by atoms with Crippen LogP contribution < -0.4 is 0 Å². The third kappa shape index (κ3) is 12.1. The summed E-state index contributed by atoms with van der Waals surface area (Å²) in [6, 6.07) is 7.12. The quantitative estimate of drug-likeness (QED) is 0.188. The molecule has 1 aromatic carbocycles. The third-order valence-electron chi connectivity index (χ3n) is 5.60. The second-order valence-electron chi connectivity index (χ2n) is 8.26. The van der Waals surface area contributed by atoms with Crippen LogP contribution in [0.2, 0.25) is 0 Å². The minimum atomic E-state index is 0.0154. The van der Waals surface area contributed by atoms with Gasteiger partial charge in [0, 0.05) is 17.5 Å². The number of unbranched alkanes of at least 4 members (excludes halogenated alkanes) is 14. The molecule has 2 heteroatoms. The summed E-state index contributed by atoms with van der Waals surface area (Å²) < 4.78 is 0. The maximum Gasteiger partial charge on any atom is 0.162 e. The van der Waals surface area contributed by atoms with E-state index in [0.717, 1.165) is 12.8 Å². The molecule has 0 aliphatic carbocycles. The minimum absolute atomic E-state index is 0.0154. The van der Waals surface area contributed by atoms with Gasteiger partial charge >= 0.3 is 0 Å². The summed E-state index contributed by atoms with van der Waals surface area (Å²) in [5, 5.41) is 0. The molecule has 0 amide bonds. The van der Waals surface area contributed by atoms with E-state index in [1.165, 1.54) is 90.4 Å². The molecule has 1 aromatic rings. The van der Waals surface area contributed by atoms with Crippen LogP contribution in [0, 0.1) is 0 Å². The number of benzene rings is 1. The fraction of sp³-hybridized carbons (Fsp3) is 0.692. The van der Waals surface area contributed by atoms with Crippen LogP contribution in [0.1, 0.15) is 137 Å². The Hall–Kier alpha value is -1.44. The Labute approximate surface area is 173 Å². The van der Waals surface area contributed by atoms with E-state index in [0.29, 0.717) is 17.5 Å². The lowest BCUT2D eigenvalue weighted by Gasteiger charge is -2.04. The number of carbonyl (C=O) groups is 2. The highest BCUT2D eigenvalue weighted by atomic mass is 16.1. The van der Waals surface area contributed by atoms with Crippen molar-refractivity contribution in [3.8, 4) is 0 Å². The van der Waals surface area contributed by atoms with Crippen molar-refractivity contribution in [2.45, 2.75) is 117 Å². The summed E-state index contributed by atoms with van der Waals surface area (Å²) >= 11 is 0. The van der Waals surface area contributed by atoms with E-state index in [-0.39, 0.29) is 11.6 Å². The van der Waals surface area contributed by atoms with Gasteiger partial charge in [0.15, 0.2) is 11.6 Å². The molecule has 0 heterocycles. The van der Waals surface area contributed by atoms with Crippen LogP contribution in [0.5, 0.6) is 0 Å². The number of hydrogen-bond acceptors (Lipinski definition) is 2. The molecule has 0 fully saturated rings. The average molecular weight is 387 g/mol. The van der Waals surface area contributed by atoms with Gasteiger partial charge in [0.25, 0.3) is 0 Å². The lowest BCUT2D eigenvalue weighted by molar-refractivity contribution is 0.0979. The van der Waals surface area contributed by atoms with Gasteiger partial charge in [-0.1, -0.05) is 115 Å². The summed E-state index contributed by atoms with van der Waals surface area (Å²) in [5.41, 5.74) is 1.31. The van der Waals surface area contributed by atoms with Crippen LogP contribution in [0.25, 0.3) is 0 Å². The van der Waals surface area contributed by atoms with Gasteiger partial charge in [-0.15, -0.1) is 0 Å². The summed E-state index contributed by atoms with van der Waals surface area (Å²) in [5.74, 6) is 0.180. The monoisotopic (exact) mass is 386 g/mol. The zero-order chi connectivity index (χ0) is 20.5. The number of hydrogen-bond donors (Lipinski definition) is 0. The standard InChI is InChI=1S/C26H42O2/c1-3-4-5-6-7-8-9-10-11-12-13-14-15-16-17-21-26(28)25-20-18-19-24(22-25)23(2)27/h18-20,22H,3-17,21H2,1-2H3. The van der Waals surface area contributed by atoms with E-state index in [1.807, 2.05) is 6.07 Å². The Morgan fingerprint density at radius 1 is 0.643 bits per heavy atom. The van der Waals surface area contributed by atoms with Gasteiger partial charge in [-0.2, -0.15) is 0 Å². The number of carbonyl (C=O) groups excluding carboxylic acids is 2. The molecule has 0 atom stereocenters. The normalized spacial score (nSPS) is 10.9. The van der Waals surface area contributed by atoms with E-state index in [4.69, 9.17) is 0 Å². The first-order chi connectivity index (χ1) is 13.6. The van der Waals surface area contributed by atoms with Gasteiger partial charge in [0.05, 0.1) is 0 Å². The van der Waals surface area contributed by atoms with Gasteiger partial charge in [-0.3, -0.25) is 9.59 Å². The van der Waals surface area contributed by atoms with Crippen LogP contribution in [-0.4, -0.2) is 11.6 Å². The van der Waals surface area contributed by atoms with E-state index in [1.54, 1.807) is 18.2 Å². The van der Waals surface area contributed by atoms with Crippen molar-refractivity contribution in [1.82, 2.24) is 0 Å². The molecule has 0 aliphatic rings. The second kappa shape index (κ2) is 16.5. The molecule has 0 bridgehead atoms. The van der Waals surface area contributed by atoms with E-state index in [9.17, 15) is 9.59 Å². The molecule has 0 radical (unpaired) electrons. The molecular weight excluding hydrogens is 344 g/mol. The SMILES string of the molecule is CCCCCCCCCCCCCCCCCC(=O)c1cccc(C(C)=O)c1. The molecule has 28 heavy (non-hydrogen) atoms. The molecule has 158 valence electrons. The summed E-state index contributed by atoms with van der Waals surface area (Å²) in [4.78, 5) is 23.7. The largest absolute Gasteiger partial charge is 0.295 e. The van der Waals surface area contributed by atoms with Crippen molar-refractivity contribution in [2.75, 3.05) is 0 Å². The van der Waals surface area contributed by atoms with Crippen molar-refractivity contribution in [2.24, 2.45) is 0 Å². The fourth-order valence-electron chi connectivity index (χ4n) is 3.71. The molecule has 0 saturated carbocycles. The maximum absolute atomic E-state index is 12.2. The van der Waals surface area contributed by atoms with Crippen molar-refractivity contribution in [3.63, 3.8) is 0 Å². The van der Waals surface area contributed by atoms with Crippen LogP contribution >= 0.6 is 0 Å². The minimum Gasteiger partial charge on any atom is -0.295 e. The van der Waals surface area contributed by atoms with E-state index < -0.39 is 0 Å². The molecule has 0 spiro atoms. The average Bonchev–Trinajstić information content (AvgIpc) is 2.70. The molecule has 2 nitrogen and oxygen atoms in total. The first kappa shape index (κ1) is 24.6. The molecule has 0 unspecified atom stereocenters. The molecule has 0 aromatic heterocycles. The predicted molar refractivity (Wildman–Crippen MR) is 120 cm³/mol. The van der Waals surface area contributed by atoms with Crippen molar-refractivity contribution >= 4 is 11.6 Å². The van der Waals surface area contributed by atoms with Crippen LogP contribution in [0.15, 0.2) is 24.3 Å². The predicted octanol–water partition coefficient (Wildman–Crippen LogP) is 8.33. The van der Waals surface area contributed by atoms with Gasteiger partial charge in [0.2, 0.25) is 0 Å². The molecule has 0 aliphatic heterocycles. The Morgan fingerprint density at radius 3 is 1.54 bits per heavy atom. The lowest BCUT2D eigenvalue weighted by Crippen LogP contribution is -2.01. The van der Waals surface area contributed by atoms with Gasteiger partial charge < -0.3 is 0 Å². The number of rotatable bonds is 18. The zero-order valence-electron chi connectivity index (χ0n) is 18.4. The molecule has 0 N–H and O–H groups in total. The van der Waals surface area contributed by atoms with Crippen molar-refractivity contribution in [3.05, 3.63) is 35.4 Å². The zero-order valence-corrected chi connectivity index (χ0v) is 18.4.